The van der Waals surface area contributed by atoms with Crippen molar-refractivity contribution in [1.82, 2.24) is 19.9 Å². The second-order valence-corrected chi connectivity index (χ2v) is 7.08. The number of aromatic hydroxyl groups is 1. The van der Waals surface area contributed by atoms with E-state index in [4.69, 9.17) is 4.98 Å². The number of aryl methyl sites for hydroxylation is 1. The molecule has 6 heteroatoms. The second-order valence-electron chi connectivity index (χ2n) is 7.08. The third-order valence-corrected chi connectivity index (χ3v) is 4.94. The highest BCUT2D eigenvalue weighted by Gasteiger charge is 2.21. The highest BCUT2D eigenvalue weighted by molar-refractivity contribution is 5.77. The average molecular weight is 352 g/mol. The van der Waals surface area contributed by atoms with Gasteiger partial charge in [-0.15, -0.1) is 0 Å². The Morgan fingerprint density at radius 2 is 2.08 bits per heavy atom. The number of hydrogen-bond acceptors (Lipinski definition) is 5. The zero-order valence-corrected chi connectivity index (χ0v) is 14.9. The quantitative estimate of drug-likeness (QED) is 0.763. The fourth-order valence-electron chi connectivity index (χ4n) is 3.63. The summed E-state index contributed by atoms with van der Waals surface area (Å²) in [6.45, 7) is 3.79. The van der Waals surface area contributed by atoms with Crippen LogP contribution in [-0.2, 0) is 0 Å². The molecule has 1 atom stereocenters. The topological polar surface area (TPSA) is 62.1 Å². The van der Waals surface area contributed by atoms with Crippen LogP contribution in [0, 0.1) is 12.7 Å². The van der Waals surface area contributed by atoms with Crippen LogP contribution in [0.3, 0.4) is 0 Å². The van der Waals surface area contributed by atoms with Gasteiger partial charge in [0.2, 0.25) is 0 Å². The van der Waals surface area contributed by atoms with Gasteiger partial charge in [-0.3, -0.25) is 4.98 Å². The summed E-state index contributed by atoms with van der Waals surface area (Å²) in [7, 11) is 2.11. The predicted molar refractivity (Wildman–Crippen MR) is 98.6 cm³/mol. The lowest BCUT2D eigenvalue weighted by Gasteiger charge is -2.29. The Morgan fingerprint density at radius 1 is 1.23 bits per heavy atom. The summed E-state index contributed by atoms with van der Waals surface area (Å²) in [5.41, 5.74) is 3.18. The normalized spacial score (nSPS) is 18.3. The van der Waals surface area contributed by atoms with Crippen LogP contribution in [0.5, 0.6) is 5.75 Å². The molecule has 0 aliphatic carbocycles. The summed E-state index contributed by atoms with van der Waals surface area (Å²) >= 11 is 0. The summed E-state index contributed by atoms with van der Waals surface area (Å²) in [5.74, 6) is -0.277. The van der Waals surface area contributed by atoms with E-state index in [1.807, 2.05) is 6.20 Å². The number of rotatable bonds is 2. The van der Waals surface area contributed by atoms with E-state index in [1.54, 1.807) is 19.1 Å². The number of likely N-dealkylation sites (tertiary alicyclic amines) is 1. The molecular formula is C20H21FN4O. The molecular weight excluding hydrogens is 331 g/mol. The molecule has 0 amide bonds. The van der Waals surface area contributed by atoms with Gasteiger partial charge in [0.05, 0.1) is 17.0 Å². The van der Waals surface area contributed by atoms with Gasteiger partial charge < -0.3 is 10.0 Å². The molecule has 1 aliphatic rings. The number of likely N-dealkylation sites (N-methyl/N-ethyl adjacent to an activating group) is 1. The van der Waals surface area contributed by atoms with E-state index in [2.05, 4.69) is 21.9 Å². The fourth-order valence-corrected chi connectivity index (χ4v) is 3.63. The molecule has 134 valence electrons. The molecule has 26 heavy (non-hydrogen) atoms. The second kappa shape index (κ2) is 6.61. The maximum atomic E-state index is 14.4. The Hall–Kier alpha value is -2.60. The minimum absolute atomic E-state index is 0.0992. The van der Waals surface area contributed by atoms with Crippen LogP contribution in [0.2, 0.25) is 0 Å². The van der Waals surface area contributed by atoms with Crippen molar-refractivity contribution in [3.63, 3.8) is 0 Å². The first kappa shape index (κ1) is 16.8. The molecule has 1 fully saturated rings. The number of hydrogen-bond donors (Lipinski definition) is 1. The first-order chi connectivity index (χ1) is 12.5. The summed E-state index contributed by atoms with van der Waals surface area (Å²) in [6.07, 6.45) is 4.03. The van der Waals surface area contributed by atoms with Crippen molar-refractivity contribution >= 4 is 11.2 Å². The average Bonchev–Trinajstić information content (AvgIpc) is 2.60. The third-order valence-electron chi connectivity index (χ3n) is 4.94. The maximum Gasteiger partial charge on any atom is 0.179 e. The van der Waals surface area contributed by atoms with E-state index in [-0.39, 0.29) is 11.3 Å². The molecule has 1 aromatic carbocycles. The van der Waals surface area contributed by atoms with Crippen LogP contribution >= 0.6 is 0 Å². The number of fused-ring (bicyclic) bond motifs is 1. The van der Waals surface area contributed by atoms with Crippen molar-refractivity contribution in [3.05, 3.63) is 47.5 Å². The van der Waals surface area contributed by atoms with Crippen LogP contribution in [0.1, 0.15) is 30.0 Å². The van der Waals surface area contributed by atoms with Gasteiger partial charge in [-0.2, -0.15) is 0 Å². The van der Waals surface area contributed by atoms with E-state index < -0.39 is 5.82 Å². The molecule has 3 heterocycles. The Kier molecular flexibility index (Phi) is 4.28. The third kappa shape index (κ3) is 3.12. The number of nitrogens with zero attached hydrogens (tertiary/aromatic N) is 4. The van der Waals surface area contributed by atoms with Gasteiger partial charge in [0, 0.05) is 18.7 Å². The Balaban J connectivity index is 1.77. The SMILES string of the molecule is Cc1cc(O)c(-c2ccc3ncc([C@@H]4CCCN(C)C4)nc3n2)c(F)c1. The van der Waals surface area contributed by atoms with E-state index in [9.17, 15) is 9.50 Å². The number of piperidine rings is 1. The Morgan fingerprint density at radius 3 is 2.85 bits per heavy atom. The first-order valence-corrected chi connectivity index (χ1v) is 8.83. The van der Waals surface area contributed by atoms with Crippen LogP contribution < -0.4 is 0 Å². The molecule has 0 unspecified atom stereocenters. The highest BCUT2D eigenvalue weighted by atomic mass is 19.1. The largest absolute Gasteiger partial charge is 0.507 e. The first-order valence-electron chi connectivity index (χ1n) is 8.83. The molecule has 5 nitrogen and oxygen atoms in total. The van der Waals surface area contributed by atoms with Gasteiger partial charge in [0.1, 0.15) is 17.1 Å². The minimum atomic E-state index is -0.493. The monoisotopic (exact) mass is 352 g/mol. The number of pyridine rings is 1. The van der Waals surface area contributed by atoms with Gasteiger partial charge in [-0.05, 0) is 63.2 Å². The summed E-state index contributed by atoms with van der Waals surface area (Å²) in [4.78, 5) is 15.9. The molecule has 4 rings (SSSR count). The summed E-state index contributed by atoms with van der Waals surface area (Å²) < 4.78 is 14.4. The van der Waals surface area contributed by atoms with Crippen LogP contribution in [0.4, 0.5) is 4.39 Å². The zero-order chi connectivity index (χ0) is 18.3. The lowest BCUT2D eigenvalue weighted by Crippen LogP contribution is -2.31. The van der Waals surface area contributed by atoms with E-state index >= 15 is 0 Å². The highest BCUT2D eigenvalue weighted by Crippen LogP contribution is 2.32. The van der Waals surface area contributed by atoms with Gasteiger partial charge in [-0.1, -0.05) is 0 Å². The minimum Gasteiger partial charge on any atom is -0.507 e. The zero-order valence-electron chi connectivity index (χ0n) is 14.9. The lowest BCUT2D eigenvalue weighted by atomic mass is 9.95. The standard InChI is InChI=1S/C20H21FN4O/c1-12-8-14(21)19(18(26)9-12)15-5-6-16-20(23-15)24-17(10-22-16)13-4-3-7-25(2)11-13/h5-6,8-10,13,26H,3-4,7,11H2,1-2H3/t13-/m1/s1. The van der Waals surface area contributed by atoms with Crippen molar-refractivity contribution in [2.45, 2.75) is 25.7 Å². The molecule has 1 aliphatic heterocycles. The maximum absolute atomic E-state index is 14.4. The van der Waals surface area contributed by atoms with Crippen molar-refractivity contribution in [1.29, 1.82) is 0 Å². The van der Waals surface area contributed by atoms with Crippen LogP contribution in [-0.4, -0.2) is 45.1 Å². The Labute approximate surface area is 151 Å². The molecule has 3 aromatic rings. The van der Waals surface area contributed by atoms with Crippen LogP contribution in [0.15, 0.2) is 30.5 Å². The number of benzene rings is 1. The van der Waals surface area contributed by atoms with E-state index in [0.29, 0.717) is 28.3 Å². The van der Waals surface area contributed by atoms with Crippen molar-refractivity contribution in [3.8, 4) is 17.0 Å². The van der Waals surface area contributed by atoms with Crippen molar-refractivity contribution in [2.24, 2.45) is 0 Å². The summed E-state index contributed by atoms with van der Waals surface area (Å²) in [6, 6.07) is 6.35. The number of phenols is 1. The number of phenolic OH excluding ortho intramolecular Hbond substituents is 1. The van der Waals surface area contributed by atoms with Gasteiger partial charge >= 0.3 is 0 Å². The Bertz CT molecular complexity index is 952. The molecule has 2 aromatic heterocycles. The fraction of sp³-hybridized carbons (Fsp3) is 0.350. The molecule has 0 saturated carbocycles. The van der Waals surface area contributed by atoms with Crippen LogP contribution in [0.25, 0.3) is 22.4 Å². The molecule has 1 N–H and O–H groups in total. The van der Waals surface area contributed by atoms with Gasteiger partial charge in [0.15, 0.2) is 5.65 Å². The predicted octanol–water partition coefficient (Wildman–Crippen LogP) is 3.65. The number of halogens is 1. The van der Waals surface area contributed by atoms with E-state index in [0.717, 1.165) is 31.6 Å². The smallest absolute Gasteiger partial charge is 0.179 e. The number of aromatic nitrogens is 3. The van der Waals surface area contributed by atoms with Crippen molar-refractivity contribution in [2.75, 3.05) is 20.1 Å². The van der Waals surface area contributed by atoms with Gasteiger partial charge in [0.25, 0.3) is 0 Å². The summed E-state index contributed by atoms with van der Waals surface area (Å²) in [5, 5.41) is 10.2. The molecule has 0 bridgehead atoms. The van der Waals surface area contributed by atoms with Crippen molar-refractivity contribution < 1.29 is 9.50 Å². The lowest BCUT2D eigenvalue weighted by molar-refractivity contribution is 0.248. The molecule has 1 saturated heterocycles. The van der Waals surface area contributed by atoms with Gasteiger partial charge in [-0.25, -0.2) is 14.4 Å². The van der Waals surface area contributed by atoms with E-state index in [1.165, 1.54) is 12.1 Å². The molecule has 0 radical (unpaired) electrons. The molecule has 0 spiro atoms.